The summed E-state index contributed by atoms with van der Waals surface area (Å²) in [5, 5.41) is 0.887. The van der Waals surface area contributed by atoms with Gasteiger partial charge in [-0.1, -0.05) is 13.0 Å². The molecule has 0 spiro atoms. The fourth-order valence-electron chi connectivity index (χ4n) is 4.06. The van der Waals surface area contributed by atoms with Crippen LogP contribution < -0.4 is 5.73 Å². The molecule has 0 unspecified atom stereocenters. The molecule has 0 saturated heterocycles. The number of nitrogens with zero attached hydrogens (tertiary/aromatic N) is 4. The molecule has 1 saturated carbocycles. The largest absolute Gasteiger partial charge is 0.383 e. The Kier molecular flexibility index (Phi) is 4.83. The highest BCUT2D eigenvalue weighted by Gasteiger charge is 2.25. The first-order valence-corrected chi connectivity index (χ1v) is 10.5. The molecule has 1 amide bonds. The number of hydrogen-bond acceptors (Lipinski definition) is 6. The number of carbonyl (C=O) groups is 1. The molecule has 1 fully saturated rings. The lowest BCUT2D eigenvalue weighted by atomic mass is 10.1. The van der Waals surface area contributed by atoms with Gasteiger partial charge >= 0.3 is 0 Å². The Morgan fingerprint density at radius 2 is 2.03 bits per heavy atom. The molecule has 0 radical (unpaired) electrons. The minimum Gasteiger partial charge on any atom is -0.383 e. The lowest BCUT2D eigenvalue weighted by Crippen LogP contribution is -2.32. The van der Waals surface area contributed by atoms with Gasteiger partial charge in [0.15, 0.2) is 0 Å². The summed E-state index contributed by atoms with van der Waals surface area (Å²) in [6.07, 6.45) is 6.95. The third kappa shape index (κ3) is 3.50. The minimum absolute atomic E-state index is 0.101. The molecule has 0 atom stereocenters. The molecule has 3 aromatic heterocycles. The Bertz CT molecular complexity index is 1110. The number of anilines is 1. The topological polar surface area (TPSA) is 94.2 Å². The molecule has 4 heterocycles. The highest BCUT2D eigenvalue weighted by atomic mass is 16.5. The lowest BCUT2D eigenvalue weighted by Gasteiger charge is -2.22. The second kappa shape index (κ2) is 7.65. The summed E-state index contributed by atoms with van der Waals surface area (Å²) in [7, 11) is 0. The molecule has 2 aliphatic rings. The highest BCUT2D eigenvalue weighted by Crippen LogP contribution is 2.39. The number of hydrogen-bond donors (Lipinski definition) is 1. The monoisotopic (exact) mass is 403 g/mol. The zero-order chi connectivity index (χ0) is 20.7. The summed E-state index contributed by atoms with van der Waals surface area (Å²) in [6, 6.07) is 6.00. The van der Waals surface area contributed by atoms with Gasteiger partial charge in [-0.15, -0.1) is 0 Å². The predicted octanol–water partition coefficient (Wildman–Crippen LogP) is 3.57. The Balaban J connectivity index is 1.43. The van der Waals surface area contributed by atoms with Crippen LogP contribution in [0.5, 0.6) is 0 Å². The van der Waals surface area contributed by atoms with E-state index in [1.807, 2.05) is 23.2 Å². The third-order valence-corrected chi connectivity index (χ3v) is 5.86. The maximum atomic E-state index is 13.3. The average molecular weight is 403 g/mol. The normalized spacial score (nSPS) is 15.4. The second-order valence-corrected chi connectivity index (χ2v) is 8.12. The smallest absolute Gasteiger partial charge is 0.272 e. The number of fused-ring (bicyclic) bond motifs is 3. The maximum Gasteiger partial charge on any atom is 0.272 e. The summed E-state index contributed by atoms with van der Waals surface area (Å²) in [6.45, 7) is 4.12. The van der Waals surface area contributed by atoms with Crippen LogP contribution in [-0.2, 0) is 24.5 Å². The molecule has 7 heteroatoms. The van der Waals surface area contributed by atoms with Crippen LogP contribution in [0.15, 0.2) is 30.6 Å². The van der Waals surface area contributed by atoms with Crippen LogP contribution in [0.4, 0.5) is 5.82 Å². The number of nitrogens with two attached hydrogens (primary N) is 1. The van der Waals surface area contributed by atoms with Crippen LogP contribution in [-0.4, -0.2) is 32.3 Å². The van der Waals surface area contributed by atoms with E-state index in [4.69, 9.17) is 10.5 Å². The summed E-state index contributed by atoms with van der Waals surface area (Å²) >= 11 is 0. The zero-order valence-corrected chi connectivity index (χ0v) is 17.1. The van der Waals surface area contributed by atoms with Crippen molar-refractivity contribution < 1.29 is 9.53 Å². The van der Waals surface area contributed by atoms with Gasteiger partial charge in [-0.05, 0) is 48.4 Å². The number of ether oxygens (including phenoxy) is 1. The fourth-order valence-corrected chi connectivity index (χ4v) is 4.06. The van der Waals surface area contributed by atoms with Gasteiger partial charge in [0.2, 0.25) is 0 Å². The van der Waals surface area contributed by atoms with Crippen molar-refractivity contribution in [1.29, 1.82) is 0 Å². The molecule has 154 valence electrons. The number of rotatable bonds is 6. The highest BCUT2D eigenvalue weighted by molar-refractivity contribution is 5.97. The number of nitrogen functional groups attached to an aromatic ring is 1. The van der Waals surface area contributed by atoms with E-state index in [0.29, 0.717) is 49.2 Å². The zero-order valence-electron chi connectivity index (χ0n) is 17.1. The van der Waals surface area contributed by atoms with Gasteiger partial charge in [0.1, 0.15) is 11.5 Å². The van der Waals surface area contributed by atoms with Gasteiger partial charge in [0.25, 0.3) is 5.91 Å². The predicted molar refractivity (Wildman–Crippen MR) is 114 cm³/mol. The molecule has 5 rings (SSSR count). The van der Waals surface area contributed by atoms with Crippen molar-refractivity contribution in [3.05, 3.63) is 58.7 Å². The van der Waals surface area contributed by atoms with Crippen molar-refractivity contribution in [2.45, 2.75) is 51.9 Å². The van der Waals surface area contributed by atoms with E-state index in [1.165, 1.54) is 18.4 Å². The van der Waals surface area contributed by atoms with Crippen LogP contribution in [0.25, 0.3) is 10.9 Å². The van der Waals surface area contributed by atoms with Gasteiger partial charge in [-0.25, -0.2) is 9.97 Å². The lowest BCUT2D eigenvalue weighted by molar-refractivity contribution is 0.0735. The molecule has 7 nitrogen and oxygen atoms in total. The van der Waals surface area contributed by atoms with Gasteiger partial charge in [0, 0.05) is 23.7 Å². The summed E-state index contributed by atoms with van der Waals surface area (Å²) < 4.78 is 5.56. The van der Waals surface area contributed by atoms with E-state index in [9.17, 15) is 4.79 Å². The molecule has 2 N–H and O–H groups in total. The molecule has 1 aliphatic carbocycles. The molecular formula is C23H25N5O2. The number of amides is 1. The van der Waals surface area contributed by atoms with E-state index in [0.717, 1.165) is 28.6 Å². The standard InChI is InChI=1S/C23H25N5O2/c1-2-7-28(11-16-6-5-15(9-25-16)14-3-4-14)23(29)20-8-17-18-12-30-13-19(18)22(24)27-21(17)10-26-20/h5-6,8-10,14H,2-4,7,11-13H2,1H3,(H2,24,27). The minimum atomic E-state index is -0.101. The van der Waals surface area contributed by atoms with Crippen molar-refractivity contribution in [3.63, 3.8) is 0 Å². The van der Waals surface area contributed by atoms with Gasteiger partial charge in [0.05, 0.1) is 37.2 Å². The molecule has 0 bridgehead atoms. The van der Waals surface area contributed by atoms with Crippen molar-refractivity contribution in [1.82, 2.24) is 19.9 Å². The van der Waals surface area contributed by atoms with Crippen molar-refractivity contribution in [2.75, 3.05) is 12.3 Å². The summed E-state index contributed by atoms with van der Waals surface area (Å²) in [5.41, 5.74) is 11.3. The fraction of sp³-hybridized carbons (Fsp3) is 0.391. The first-order chi connectivity index (χ1) is 14.6. The Hall–Kier alpha value is -3.06. The van der Waals surface area contributed by atoms with E-state index < -0.39 is 0 Å². The molecule has 3 aromatic rings. The van der Waals surface area contributed by atoms with Crippen LogP contribution in [0.3, 0.4) is 0 Å². The van der Waals surface area contributed by atoms with Crippen molar-refractivity contribution in [3.8, 4) is 0 Å². The van der Waals surface area contributed by atoms with Crippen LogP contribution in [0, 0.1) is 0 Å². The van der Waals surface area contributed by atoms with E-state index in [2.05, 4.69) is 27.9 Å². The number of pyridine rings is 3. The van der Waals surface area contributed by atoms with Gasteiger partial charge < -0.3 is 15.4 Å². The summed E-state index contributed by atoms with van der Waals surface area (Å²) in [4.78, 5) is 28.5. The molecule has 0 aromatic carbocycles. The van der Waals surface area contributed by atoms with E-state index in [1.54, 1.807) is 6.20 Å². The van der Waals surface area contributed by atoms with Crippen LogP contribution >= 0.6 is 0 Å². The Morgan fingerprint density at radius 3 is 2.77 bits per heavy atom. The number of aromatic nitrogens is 3. The first kappa shape index (κ1) is 18.9. The Morgan fingerprint density at radius 1 is 1.20 bits per heavy atom. The third-order valence-electron chi connectivity index (χ3n) is 5.86. The average Bonchev–Trinajstić information content (AvgIpc) is 3.49. The van der Waals surface area contributed by atoms with E-state index in [-0.39, 0.29) is 5.91 Å². The molecular weight excluding hydrogens is 378 g/mol. The SMILES string of the molecule is CCCN(Cc1ccc(C2CC2)cn1)C(=O)c1cc2c3c(c(N)nc2cn1)COC3. The molecule has 1 aliphatic heterocycles. The number of carbonyl (C=O) groups excluding carboxylic acids is 1. The van der Waals surface area contributed by atoms with Crippen molar-refractivity contribution in [2.24, 2.45) is 0 Å². The van der Waals surface area contributed by atoms with Crippen LogP contribution in [0.2, 0.25) is 0 Å². The summed E-state index contributed by atoms with van der Waals surface area (Å²) in [5.74, 6) is 1.05. The molecule has 30 heavy (non-hydrogen) atoms. The van der Waals surface area contributed by atoms with Gasteiger partial charge in [-0.3, -0.25) is 9.78 Å². The quantitative estimate of drug-likeness (QED) is 0.676. The van der Waals surface area contributed by atoms with Crippen LogP contribution in [0.1, 0.15) is 65.0 Å². The van der Waals surface area contributed by atoms with Gasteiger partial charge in [-0.2, -0.15) is 0 Å². The second-order valence-electron chi connectivity index (χ2n) is 8.12. The van der Waals surface area contributed by atoms with Crippen molar-refractivity contribution >= 4 is 22.6 Å². The first-order valence-electron chi connectivity index (χ1n) is 10.5. The maximum absolute atomic E-state index is 13.3. The Labute approximate surface area is 175 Å². The van der Waals surface area contributed by atoms with E-state index >= 15 is 0 Å².